The Balaban J connectivity index is 1.79. The zero-order valence-electron chi connectivity index (χ0n) is 20.4. The number of hydrogen-bond donors (Lipinski definition) is 4. The molecule has 1 aromatic carbocycles. The highest BCUT2D eigenvalue weighted by Gasteiger charge is 2.29. The van der Waals surface area contributed by atoms with Crippen molar-refractivity contribution < 1.29 is 19.8 Å². The molecule has 0 saturated carbocycles. The van der Waals surface area contributed by atoms with Crippen LogP contribution in [0.15, 0.2) is 24.3 Å². The van der Waals surface area contributed by atoms with Gasteiger partial charge in [0.05, 0.1) is 13.0 Å². The van der Waals surface area contributed by atoms with Crippen LogP contribution in [0.2, 0.25) is 0 Å². The lowest BCUT2D eigenvalue weighted by molar-refractivity contribution is -0.136. The Morgan fingerprint density at radius 2 is 1.94 bits per heavy atom. The number of fused-ring (bicyclic) bond motifs is 1. The summed E-state index contributed by atoms with van der Waals surface area (Å²) in [5.41, 5.74) is 3.97. The number of phenols is 1. The SMILES string of the molecule is CCc1ccc2c(n1)C(=N)N(CC(=O)c1cc(CCNCCC(=O)O)c(O)c(C(C)(C)C)c1)C2. The minimum absolute atomic E-state index is 0.0243. The molecule has 0 radical (unpaired) electrons. The van der Waals surface area contributed by atoms with Crippen LogP contribution in [0.3, 0.4) is 0 Å². The molecule has 0 aliphatic carbocycles. The number of carboxylic acids is 1. The molecule has 0 fully saturated rings. The van der Waals surface area contributed by atoms with E-state index in [-0.39, 0.29) is 35.7 Å². The van der Waals surface area contributed by atoms with Crippen LogP contribution < -0.4 is 5.32 Å². The lowest BCUT2D eigenvalue weighted by Gasteiger charge is -2.24. The van der Waals surface area contributed by atoms with Crippen molar-refractivity contribution in [1.29, 1.82) is 5.41 Å². The number of hydrogen-bond acceptors (Lipinski definition) is 6. The molecule has 3 rings (SSSR count). The first kappa shape index (κ1) is 25.4. The number of rotatable bonds is 10. The Morgan fingerprint density at radius 3 is 2.59 bits per heavy atom. The van der Waals surface area contributed by atoms with E-state index in [1.165, 1.54) is 0 Å². The molecule has 182 valence electrons. The number of aromatic hydroxyl groups is 1. The van der Waals surface area contributed by atoms with Crippen molar-refractivity contribution in [2.45, 2.75) is 58.9 Å². The van der Waals surface area contributed by atoms with Gasteiger partial charge in [-0.25, -0.2) is 4.98 Å². The molecule has 0 bridgehead atoms. The average Bonchev–Trinajstić information content (AvgIpc) is 3.07. The molecule has 1 aromatic heterocycles. The summed E-state index contributed by atoms with van der Waals surface area (Å²) in [4.78, 5) is 30.3. The standard InChI is InChI=1S/C26H34N4O4/c1-5-19-7-6-17-14-30(25(27)23(17)29-19)15-21(31)18-12-16(8-10-28-11-9-22(32)33)24(34)20(13-18)26(2,3)4/h6-7,12-13,27-28,34H,5,8-11,14-15H2,1-4H3,(H,32,33). The number of nitrogens with one attached hydrogen (secondary N) is 2. The van der Waals surface area contributed by atoms with Crippen molar-refractivity contribution >= 4 is 17.6 Å². The molecule has 0 atom stereocenters. The minimum Gasteiger partial charge on any atom is -0.507 e. The van der Waals surface area contributed by atoms with Crippen LogP contribution in [0, 0.1) is 5.41 Å². The molecule has 8 nitrogen and oxygen atoms in total. The molecule has 2 aromatic rings. The number of Topliss-reactive ketones (excluding diaryl/α,β-unsaturated/α-hetero) is 1. The summed E-state index contributed by atoms with van der Waals surface area (Å²) in [5, 5.41) is 31.2. The zero-order chi connectivity index (χ0) is 25.0. The summed E-state index contributed by atoms with van der Waals surface area (Å²) < 4.78 is 0. The first-order valence-corrected chi connectivity index (χ1v) is 11.7. The fourth-order valence-corrected chi connectivity index (χ4v) is 4.05. The number of nitrogens with zero attached hydrogens (tertiary/aromatic N) is 2. The second-order valence-electron chi connectivity index (χ2n) is 9.72. The monoisotopic (exact) mass is 466 g/mol. The highest BCUT2D eigenvalue weighted by molar-refractivity contribution is 6.04. The van der Waals surface area contributed by atoms with Crippen LogP contribution in [0.1, 0.15) is 72.6 Å². The van der Waals surface area contributed by atoms with Gasteiger partial charge in [0.15, 0.2) is 5.78 Å². The number of ketones is 1. The van der Waals surface area contributed by atoms with Crippen molar-refractivity contribution in [2.75, 3.05) is 19.6 Å². The number of amidine groups is 1. The number of carbonyl (C=O) groups excluding carboxylic acids is 1. The number of carboxylic acid groups (broad SMARTS) is 1. The number of phenolic OH excluding ortho intramolecular Hbond substituents is 1. The molecular formula is C26H34N4O4. The van der Waals surface area contributed by atoms with E-state index in [1.54, 1.807) is 17.0 Å². The topological polar surface area (TPSA) is 127 Å². The smallest absolute Gasteiger partial charge is 0.304 e. The van der Waals surface area contributed by atoms with E-state index in [0.717, 1.165) is 17.7 Å². The average molecular weight is 467 g/mol. The molecule has 1 aliphatic heterocycles. The number of benzene rings is 1. The van der Waals surface area contributed by atoms with Crippen molar-refractivity contribution in [3.8, 4) is 5.75 Å². The maximum atomic E-state index is 13.3. The Kier molecular flexibility index (Phi) is 7.71. The summed E-state index contributed by atoms with van der Waals surface area (Å²) in [6.45, 7) is 9.32. The van der Waals surface area contributed by atoms with Crippen LogP contribution in [0.25, 0.3) is 0 Å². The first-order chi connectivity index (χ1) is 16.0. The Morgan fingerprint density at radius 1 is 1.21 bits per heavy atom. The Labute approximate surface area is 200 Å². The molecule has 0 spiro atoms. The van der Waals surface area contributed by atoms with Crippen molar-refractivity contribution in [2.24, 2.45) is 0 Å². The van der Waals surface area contributed by atoms with Crippen molar-refractivity contribution in [3.05, 3.63) is 57.9 Å². The van der Waals surface area contributed by atoms with Crippen LogP contribution in [0.5, 0.6) is 5.75 Å². The molecule has 0 amide bonds. The number of carbonyl (C=O) groups is 2. The normalized spacial score (nSPS) is 13.3. The van der Waals surface area contributed by atoms with Gasteiger partial charge in [-0.05, 0) is 48.6 Å². The van der Waals surface area contributed by atoms with E-state index in [1.807, 2.05) is 39.8 Å². The zero-order valence-corrected chi connectivity index (χ0v) is 20.4. The molecule has 34 heavy (non-hydrogen) atoms. The number of aliphatic carboxylic acids is 1. The third kappa shape index (κ3) is 5.80. The van der Waals surface area contributed by atoms with E-state index in [2.05, 4.69) is 10.3 Å². The lowest BCUT2D eigenvalue weighted by atomic mass is 9.83. The maximum absolute atomic E-state index is 13.3. The fourth-order valence-electron chi connectivity index (χ4n) is 4.05. The molecule has 0 unspecified atom stereocenters. The van der Waals surface area contributed by atoms with Gasteiger partial charge in [0.25, 0.3) is 0 Å². The summed E-state index contributed by atoms with van der Waals surface area (Å²) in [7, 11) is 0. The van der Waals surface area contributed by atoms with Gasteiger partial charge < -0.3 is 20.4 Å². The van der Waals surface area contributed by atoms with E-state index >= 15 is 0 Å². The van der Waals surface area contributed by atoms with Crippen molar-refractivity contribution in [1.82, 2.24) is 15.2 Å². The second-order valence-corrected chi connectivity index (χ2v) is 9.72. The summed E-state index contributed by atoms with van der Waals surface area (Å²) in [5.74, 6) is -0.564. The quantitative estimate of drug-likeness (QED) is 0.313. The van der Waals surface area contributed by atoms with Crippen LogP contribution >= 0.6 is 0 Å². The number of pyridine rings is 1. The molecular weight excluding hydrogens is 432 g/mol. The molecule has 8 heteroatoms. The van der Waals surface area contributed by atoms with Crippen molar-refractivity contribution in [3.63, 3.8) is 0 Å². The fraction of sp³-hybridized carbons (Fsp3) is 0.462. The Hall–Kier alpha value is -3.26. The summed E-state index contributed by atoms with van der Waals surface area (Å²) >= 11 is 0. The number of aryl methyl sites for hydroxylation is 1. The van der Waals surface area contributed by atoms with Crippen LogP contribution in [-0.2, 0) is 29.6 Å². The minimum atomic E-state index is -0.867. The van der Waals surface area contributed by atoms with E-state index < -0.39 is 5.97 Å². The molecule has 4 N–H and O–H groups in total. The third-order valence-electron chi connectivity index (χ3n) is 6.04. The van der Waals surface area contributed by atoms with Gasteiger partial charge in [-0.1, -0.05) is 33.8 Å². The summed E-state index contributed by atoms with van der Waals surface area (Å²) in [6.07, 6.45) is 1.28. The van der Waals surface area contributed by atoms with E-state index in [4.69, 9.17) is 10.5 Å². The van der Waals surface area contributed by atoms with Crippen LogP contribution in [-0.4, -0.2) is 57.3 Å². The van der Waals surface area contributed by atoms with Gasteiger partial charge in [0.2, 0.25) is 0 Å². The van der Waals surface area contributed by atoms with Crippen LogP contribution in [0.4, 0.5) is 0 Å². The van der Waals surface area contributed by atoms with E-state index in [9.17, 15) is 14.7 Å². The molecule has 2 heterocycles. The van der Waals surface area contributed by atoms with E-state index in [0.29, 0.717) is 48.4 Å². The first-order valence-electron chi connectivity index (χ1n) is 11.7. The second kappa shape index (κ2) is 10.3. The predicted molar refractivity (Wildman–Crippen MR) is 131 cm³/mol. The molecule has 0 saturated heterocycles. The highest BCUT2D eigenvalue weighted by atomic mass is 16.4. The highest BCUT2D eigenvalue weighted by Crippen LogP contribution is 2.35. The summed E-state index contributed by atoms with van der Waals surface area (Å²) in [6, 6.07) is 7.41. The van der Waals surface area contributed by atoms with Gasteiger partial charge in [-0.3, -0.25) is 15.0 Å². The van der Waals surface area contributed by atoms with Gasteiger partial charge in [0, 0.05) is 35.5 Å². The number of aromatic nitrogens is 1. The largest absolute Gasteiger partial charge is 0.507 e. The molecule has 1 aliphatic rings. The van der Waals surface area contributed by atoms with Gasteiger partial charge >= 0.3 is 5.97 Å². The van der Waals surface area contributed by atoms with Gasteiger partial charge in [0.1, 0.15) is 17.3 Å². The van der Waals surface area contributed by atoms with Gasteiger partial charge in [-0.15, -0.1) is 0 Å². The predicted octanol–water partition coefficient (Wildman–Crippen LogP) is 3.28. The maximum Gasteiger partial charge on any atom is 0.304 e. The Bertz CT molecular complexity index is 1100. The van der Waals surface area contributed by atoms with Gasteiger partial charge in [-0.2, -0.15) is 0 Å². The third-order valence-corrected chi connectivity index (χ3v) is 6.04. The lowest BCUT2D eigenvalue weighted by Crippen LogP contribution is -2.31.